The van der Waals surface area contributed by atoms with Crippen LogP contribution in [0, 0.1) is 11.8 Å². The van der Waals surface area contributed by atoms with Gasteiger partial charge in [0.05, 0.1) is 0 Å². The fraction of sp³-hybridized carbons (Fsp3) is 0.476. The zero-order chi connectivity index (χ0) is 16.7. The van der Waals surface area contributed by atoms with Gasteiger partial charge in [0.2, 0.25) is 5.91 Å². The maximum Gasteiger partial charge on any atom is 0.226 e. The molecular weight excluding hydrogens is 332 g/mol. The van der Waals surface area contributed by atoms with Gasteiger partial charge in [-0.25, -0.2) is 0 Å². The molecule has 3 nitrogen and oxygen atoms in total. The molecule has 1 aliphatic heterocycles. The van der Waals surface area contributed by atoms with Gasteiger partial charge in [0.1, 0.15) is 0 Å². The highest BCUT2D eigenvalue weighted by Crippen LogP contribution is 2.50. The summed E-state index contributed by atoms with van der Waals surface area (Å²) in [5.74, 6) is 1.51. The van der Waals surface area contributed by atoms with Crippen LogP contribution in [-0.2, 0) is 4.79 Å². The first-order valence-corrected chi connectivity index (χ1v) is 9.17. The summed E-state index contributed by atoms with van der Waals surface area (Å²) in [6.07, 6.45) is 3.10. The number of benzene rings is 2. The molecule has 2 N–H and O–H groups in total. The minimum Gasteiger partial charge on any atom is -0.342 e. The third kappa shape index (κ3) is 3.54. The lowest BCUT2D eigenvalue weighted by Crippen LogP contribution is -2.43. The summed E-state index contributed by atoms with van der Waals surface area (Å²) < 4.78 is 0. The van der Waals surface area contributed by atoms with Gasteiger partial charge in [-0.1, -0.05) is 42.5 Å². The number of nitrogens with zero attached hydrogens (tertiary/aromatic N) is 1. The Morgan fingerprint density at radius 3 is 2.52 bits per heavy atom. The van der Waals surface area contributed by atoms with Crippen LogP contribution >= 0.6 is 12.4 Å². The van der Waals surface area contributed by atoms with Crippen molar-refractivity contribution in [1.29, 1.82) is 0 Å². The minimum absolute atomic E-state index is 0. The standard InChI is InChI=1S/C21H26N2O.ClH/c1-14(22)15-9-11-23(12-10-15)21(24)20-13-19(20)18-8-4-6-16-5-2-3-7-17(16)18;/h2-8,14-15,19-20H,9-13,22H2,1H3;1H. The van der Waals surface area contributed by atoms with Crippen LogP contribution in [0.4, 0.5) is 0 Å². The predicted octanol–water partition coefficient (Wildman–Crippen LogP) is 3.95. The monoisotopic (exact) mass is 358 g/mol. The zero-order valence-corrected chi connectivity index (χ0v) is 15.5. The molecular formula is C21H27ClN2O. The Hall–Kier alpha value is -1.58. The Morgan fingerprint density at radius 1 is 1.12 bits per heavy atom. The average Bonchev–Trinajstić information content (AvgIpc) is 3.41. The second-order valence-electron chi connectivity index (χ2n) is 7.54. The molecule has 0 aromatic heterocycles. The minimum atomic E-state index is 0. The molecule has 4 heteroatoms. The van der Waals surface area contributed by atoms with E-state index < -0.39 is 0 Å². The highest BCUT2D eigenvalue weighted by Gasteiger charge is 2.46. The molecule has 0 bridgehead atoms. The van der Waals surface area contributed by atoms with Crippen LogP contribution < -0.4 is 5.73 Å². The van der Waals surface area contributed by atoms with Crippen molar-refractivity contribution in [2.24, 2.45) is 17.6 Å². The Bertz CT molecular complexity index is 747. The van der Waals surface area contributed by atoms with Crippen LogP contribution in [0.5, 0.6) is 0 Å². The normalized spacial score (nSPS) is 24.6. The van der Waals surface area contributed by atoms with E-state index in [9.17, 15) is 4.79 Å². The Balaban J connectivity index is 0.00000182. The topological polar surface area (TPSA) is 46.3 Å². The molecule has 0 spiro atoms. The van der Waals surface area contributed by atoms with Crippen LogP contribution in [-0.4, -0.2) is 29.9 Å². The summed E-state index contributed by atoms with van der Waals surface area (Å²) in [6.45, 7) is 3.84. The molecule has 3 atom stereocenters. The highest BCUT2D eigenvalue weighted by atomic mass is 35.5. The largest absolute Gasteiger partial charge is 0.342 e. The van der Waals surface area contributed by atoms with Crippen LogP contribution in [0.25, 0.3) is 10.8 Å². The fourth-order valence-electron chi connectivity index (χ4n) is 4.27. The number of halogens is 1. The first-order valence-electron chi connectivity index (χ1n) is 9.17. The van der Waals surface area contributed by atoms with Crippen molar-refractivity contribution in [3.8, 4) is 0 Å². The number of fused-ring (bicyclic) bond motifs is 1. The van der Waals surface area contributed by atoms with Crippen molar-refractivity contribution in [2.75, 3.05) is 13.1 Å². The first-order chi connectivity index (χ1) is 11.6. The van der Waals surface area contributed by atoms with E-state index in [0.29, 0.717) is 17.7 Å². The van der Waals surface area contributed by atoms with Gasteiger partial charge in [-0.2, -0.15) is 0 Å². The summed E-state index contributed by atoms with van der Waals surface area (Å²) in [5.41, 5.74) is 7.35. The van der Waals surface area contributed by atoms with Crippen molar-refractivity contribution in [3.05, 3.63) is 48.0 Å². The van der Waals surface area contributed by atoms with Gasteiger partial charge in [-0.15, -0.1) is 12.4 Å². The summed E-state index contributed by atoms with van der Waals surface area (Å²) in [7, 11) is 0. The summed E-state index contributed by atoms with van der Waals surface area (Å²) in [4.78, 5) is 14.9. The number of likely N-dealkylation sites (tertiary alicyclic amines) is 1. The van der Waals surface area contributed by atoms with Gasteiger partial charge < -0.3 is 10.6 Å². The summed E-state index contributed by atoms with van der Waals surface area (Å²) in [5, 5.41) is 2.57. The van der Waals surface area contributed by atoms with E-state index in [-0.39, 0.29) is 24.4 Å². The van der Waals surface area contributed by atoms with E-state index in [1.807, 2.05) is 0 Å². The van der Waals surface area contributed by atoms with E-state index in [4.69, 9.17) is 5.73 Å². The van der Waals surface area contributed by atoms with E-state index in [1.54, 1.807) is 0 Å². The van der Waals surface area contributed by atoms with Gasteiger partial charge in [0.15, 0.2) is 0 Å². The molecule has 4 rings (SSSR count). The maximum atomic E-state index is 12.9. The molecule has 25 heavy (non-hydrogen) atoms. The number of nitrogens with two attached hydrogens (primary N) is 1. The molecule has 2 aromatic carbocycles. The Labute approximate surface area is 156 Å². The summed E-state index contributed by atoms with van der Waals surface area (Å²) in [6, 6.07) is 15.2. The molecule has 1 saturated heterocycles. The zero-order valence-electron chi connectivity index (χ0n) is 14.7. The molecule has 1 amide bonds. The summed E-state index contributed by atoms with van der Waals surface area (Å²) >= 11 is 0. The van der Waals surface area contributed by atoms with Crippen LogP contribution in [0.15, 0.2) is 42.5 Å². The Morgan fingerprint density at radius 2 is 1.80 bits per heavy atom. The van der Waals surface area contributed by atoms with E-state index in [0.717, 1.165) is 32.4 Å². The first kappa shape index (κ1) is 18.2. The lowest BCUT2D eigenvalue weighted by Gasteiger charge is -2.34. The van der Waals surface area contributed by atoms with Gasteiger partial charge in [-0.05, 0) is 54.4 Å². The fourth-order valence-corrected chi connectivity index (χ4v) is 4.27. The second-order valence-corrected chi connectivity index (χ2v) is 7.54. The molecule has 1 aliphatic carbocycles. The third-order valence-electron chi connectivity index (χ3n) is 5.93. The van der Waals surface area contributed by atoms with Gasteiger partial charge >= 0.3 is 0 Å². The molecule has 1 heterocycles. The van der Waals surface area contributed by atoms with E-state index in [1.165, 1.54) is 16.3 Å². The van der Waals surface area contributed by atoms with Gasteiger partial charge in [-0.3, -0.25) is 4.79 Å². The number of amides is 1. The smallest absolute Gasteiger partial charge is 0.226 e. The number of piperidine rings is 1. The molecule has 3 unspecified atom stereocenters. The van der Waals surface area contributed by atoms with Crippen molar-refractivity contribution in [2.45, 2.75) is 38.1 Å². The number of hydrogen-bond donors (Lipinski definition) is 1. The quantitative estimate of drug-likeness (QED) is 0.902. The molecule has 1 saturated carbocycles. The van der Waals surface area contributed by atoms with Gasteiger partial charge in [0.25, 0.3) is 0 Å². The second kappa shape index (κ2) is 7.35. The highest BCUT2D eigenvalue weighted by molar-refractivity contribution is 5.89. The lowest BCUT2D eigenvalue weighted by molar-refractivity contribution is -0.134. The maximum absolute atomic E-state index is 12.9. The van der Waals surface area contributed by atoms with Gasteiger partial charge in [0, 0.05) is 25.0 Å². The lowest BCUT2D eigenvalue weighted by atomic mass is 9.90. The van der Waals surface area contributed by atoms with E-state index in [2.05, 4.69) is 54.3 Å². The van der Waals surface area contributed by atoms with Crippen LogP contribution in [0.3, 0.4) is 0 Å². The molecule has 2 aliphatic rings. The molecule has 0 radical (unpaired) electrons. The van der Waals surface area contributed by atoms with Crippen LogP contribution in [0.1, 0.15) is 37.7 Å². The number of rotatable bonds is 3. The van der Waals surface area contributed by atoms with Crippen molar-refractivity contribution < 1.29 is 4.79 Å². The predicted molar refractivity (Wildman–Crippen MR) is 105 cm³/mol. The van der Waals surface area contributed by atoms with Crippen molar-refractivity contribution >= 4 is 29.1 Å². The number of carbonyl (C=O) groups is 1. The SMILES string of the molecule is CC(N)C1CCN(C(=O)C2CC2c2cccc3ccccc23)CC1.Cl. The molecule has 2 fully saturated rings. The van der Waals surface area contributed by atoms with E-state index >= 15 is 0 Å². The molecule has 2 aromatic rings. The third-order valence-corrected chi connectivity index (χ3v) is 5.93. The molecule has 134 valence electrons. The van der Waals surface area contributed by atoms with Crippen LogP contribution in [0.2, 0.25) is 0 Å². The number of hydrogen-bond acceptors (Lipinski definition) is 2. The Kier molecular flexibility index (Phi) is 5.35. The average molecular weight is 359 g/mol. The van der Waals surface area contributed by atoms with Crippen molar-refractivity contribution in [1.82, 2.24) is 4.90 Å². The van der Waals surface area contributed by atoms with Crippen molar-refractivity contribution in [3.63, 3.8) is 0 Å². The number of carbonyl (C=O) groups excluding carboxylic acids is 1.